The van der Waals surface area contributed by atoms with E-state index >= 15 is 0 Å². The predicted octanol–water partition coefficient (Wildman–Crippen LogP) is 4.51. The summed E-state index contributed by atoms with van der Waals surface area (Å²) in [5, 5.41) is 4.64. The number of hydrogen-bond donors (Lipinski definition) is 2. The first-order valence-corrected chi connectivity index (χ1v) is 8.80. The van der Waals surface area contributed by atoms with Gasteiger partial charge in [0.15, 0.2) is 0 Å². The second-order valence-electron chi connectivity index (χ2n) is 6.63. The second-order valence-corrected chi connectivity index (χ2v) is 7.07. The quantitative estimate of drug-likeness (QED) is 0.560. The lowest BCUT2D eigenvalue weighted by atomic mass is 10.1. The molecule has 0 fully saturated rings. The van der Waals surface area contributed by atoms with E-state index in [2.05, 4.69) is 34.3 Å². The first-order valence-electron chi connectivity index (χ1n) is 8.42. The fraction of sp³-hybridized carbons (Fsp3) is 0.200. The molecule has 0 atom stereocenters. The highest BCUT2D eigenvalue weighted by Crippen LogP contribution is 2.25. The third-order valence-corrected chi connectivity index (χ3v) is 4.94. The number of fused-ring (bicyclic) bond motifs is 2. The van der Waals surface area contributed by atoms with Gasteiger partial charge in [0.05, 0.1) is 17.5 Å². The third kappa shape index (κ3) is 2.84. The van der Waals surface area contributed by atoms with Gasteiger partial charge in [-0.2, -0.15) is 0 Å². The monoisotopic (exact) mass is 366 g/mol. The van der Waals surface area contributed by atoms with Crippen LogP contribution in [0.1, 0.15) is 16.8 Å². The zero-order valence-electron chi connectivity index (χ0n) is 14.9. The molecule has 0 spiro atoms. The first-order chi connectivity index (χ1) is 12.4. The Morgan fingerprint density at radius 3 is 2.85 bits per heavy atom. The summed E-state index contributed by atoms with van der Waals surface area (Å²) in [5.41, 5.74) is 5.93. The number of halogens is 1. The van der Waals surface area contributed by atoms with E-state index in [9.17, 15) is 4.79 Å². The lowest BCUT2D eigenvalue weighted by molar-refractivity contribution is -0.115. The van der Waals surface area contributed by atoms with E-state index in [4.69, 9.17) is 11.6 Å². The average Bonchev–Trinajstić information content (AvgIpc) is 3.05. The van der Waals surface area contributed by atoms with E-state index in [0.717, 1.165) is 33.2 Å². The number of H-pyrrole nitrogens is 1. The van der Waals surface area contributed by atoms with Crippen molar-refractivity contribution in [2.45, 2.75) is 20.3 Å². The van der Waals surface area contributed by atoms with Crippen molar-refractivity contribution < 1.29 is 4.79 Å². The Morgan fingerprint density at radius 2 is 2.04 bits per heavy atom. The van der Waals surface area contributed by atoms with Crippen molar-refractivity contribution in [3.8, 4) is 0 Å². The molecule has 5 nitrogen and oxygen atoms in total. The molecule has 132 valence electrons. The van der Waals surface area contributed by atoms with Crippen LogP contribution in [0.5, 0.6) is 0 Å². The summed E-state index contributed by atoms with van der Waals surface area (Å²) in [7, 11) is 1.87. The molecular formula is C20H19ClN4O. The van der Waals surface area contributed by atoms with Crippen molar-refractivity contribution in [1.29, 1.82) is 0 Å². The van der Waals surface area contributed by atoms with Gasteiger partial charge in [-0.1, -0.05) is 23.2 Å². The minimum atomic E-state index is -0.0972. The molecule has 4 aromatic rings. The Balaban J connectivity index is 1.63. The maximum Gasteiger partial charge on any atom is 0.231 e. The fourth-order valence-corrected chi connectivity index (χ4v) is 3.50. The van der Waals surface area contributed by atoms with Crippen molar-refractivity contribution in [1.82, 2.24) is 14.5 Å². The van der Waals surface area contributed by atoms with Gasteiger partial charge in [0, 0.05) is 28.7 Å². The number of carbonyl (C=O) groups is 1. The van der Waals surface area contributed by atoms with Crippen LogP contribution in [0.15, 0.2) is 36.4 Å². The minimum Gasteiger partial charge on any atom is -0.358 e. The van der Waals surface area contributed by atoms with Crippen LogP contribution in [-0.2, 0) is 18.3 Å². The number of amides is 1. The van der Waals surface area contributed by atoms with Crippen LogP contribution in [0.2, 0.25) is 5.02 Å². The number of aromatic nitrogens is 3. The minimum absolute atomic E-state index is 0.0972. The van der Waals surface area contributed by atoms with Gasteiger partial charge < -0.3 is 9.55 Å². The molecule has 0 saturated carbocycles. The summed E-state index contributed by atoms with van der Waals surface area (Å²) in [4.78, 5) is 20.5. The lowest BCUT2D eigenvalue weighted by Crippen LogP contribution is -2.17. The standard InChI is InChI=1S/C20H19ClN4O/c1-11-4-6-16-15(8-11)14(12(2)22-16)10-19(26)24-20-23-17-9-13(21)5-7-18(17)25(20)3/h4-9,22H,10H2,1-3H3,(H,23,24,26). The van der Waals surface area contributed by atoms with Gasteiger partial charge in [0.2, 0.25) is 11.9 Å². The molecule has 2 aromatic heterocycles. The van der Waals surface area contributed by atoms with Gasteiger partial charge in [-0.15, -0.1) is 0 Å². The molecule has 0 aliphatic rings. The van der Waals surface area contributed by atoms with Gasteiger partial charge in [-0.25, -0.2) is 4.98 Å². The normalized spacial score (nSPS) is 11.4. The molecule has 26 heavy (non-hydrogen) atoms. The molecule has 0 aliphatic carbocycles. The number of rotatable bonds is 3. The van der Waals surface area contributed by atoms with Crippen LogP contribution in [0.4, 0.5) is 5.95 Å². The highest BCUT2D eigenvalue weighted by Gasteiger charge is 2.15. The van der Waals surface area contributed by atoms with Crippen molar-refractivity contribution in [3.05, 3.63) is 58.2 Å². The highest BCUT2D eigenvalue weighted by atomic mass is 35.5. The number of imidazole rings is 1. The first kappa shape index (κ1) is 16.7. The summed E-state index contributed by atoms with van der Waals surface area (Å²) in [6.07, 6.45) is 0.291. The summed E-state index contributed by atoms with van der Waals surface area (Å²) in [5.74, 6) is 0.418. The number of nitrogens with zero attached hydrogens (tertiary/aromatic N) is 2. The highest BCUT2D eigenvalue weighted by molar-refractivity contribution is 6.31. The Bertz CT molecular complexity index is 1160. The molecule has 0 saturated heterocycles. The molecule has 0 unspecified atom stereocenters. The van der Waals surface area contributed by atoms with Crippen LogP contribution >= 0.6 is 11.6 Å². The fourth-order valence-electron chi connectivity index (χ4n) is 3.34. The van der Waals surface area contributed by atoms with E-state index in [0.29, 0.717) is 17.4 Å². The average molecular weight is 367 g/mol. The van der Waals surface area contributed by atoms with Crippen LogP contribution in [0.25, 0.3) is 21.9 Å². The third-order valence-electron chi connectivity index (χ3n) is 4.71. The smallest absolute Gasteiger partial charge is 0.231 e. The van der Waals surface area contributed by atoms with Crippen molar-refractivity contribution in [2.24, 2.45) is 7.05 Å². The second kappa shape index (κ2) is 6.18. The number of aryl methyl sites for hydroxylation is 3. The largest absolute Gasteiger partial charge is 0.358 e. The molecule has 2 heterocycles. The predicted molar refractivity (Wildman–Crippen MR) is 106 cm³/mol. The number of carbonyl (C=O) groups excluding carboxylic acids is 1. The number of benzene rings is 2. The number of anilines is 1. The van der Waals surface area contributed by atoms with Crippen LogP contribution in [0.3, 0.4) is 0 Å². The van der Waals surface area contributed by atoms with E-state index in [1.54, 1.807) is 6.07 Å². The summed E-state index contributed by atoms with van der Waals surface area (Å²) in [6, 6.07) is 11.7. The van der Waals surface area contributed by atoms with Gasteiger partial charge in [0.25, 0.3) is 0 Å². The molecule has 4 rings (SSSR count). The summed E-state index contributed by atoms with van der Waals surface area (Å²) < 4.78 is 1.86. The van der Waals surface area contributed by atoms with Gasteiger partial charge in [-0.05, 0) is 49.7 Å². The molecular weight excluding hydrogens is 348 g/mol. The molecule has 0 bridgehead atoms. The van der Waals surface area contributed by atoms with Crippen LogP contribution in [0, 0.1) is 13.8 Å². The Kier molecular flexibility index (Phi) is 3.96. The van der Waals surface area contributed by atoms with E-state index in [1.165, 1.54) is 5.56 Å². The van der Waals surface area contributed by atoms with Crippen molar-refractivity contribution in [3.63, 3.8) is 0 Å². The Hall–Kier alpha value is -2.79. The topological polar surface area (TPSA) is 62.7 Å². The van der Waals surface area contributed by atoms with Gasteiger partial charge in [0.1, 0.15) is 0 Å². The molecule has 0 aliphatic heterocycles. The number of aromatic amines is 1. The Labute approximate surface area is 156 Å². The van der Waals surface area contributed by atoms with Gasteiger partial charge >= 0.3 is 0 Å². The lowest BCUT2D eigenvalue weighted by Gasteiger charge is -2.06. The molecule has 6 heteroatoms. The van der Waals surface area contributed by atoms with Crippen LogP contribution in [-0.4, -0.2) is 20.4 Å². The van der Waals surface area contributed by atoms with Crippen molar-refractivity contribution >= 4 is 45.4 Å². The summed E-state index contributed by atoms with van der Waals surface area (Å²) in [6.45, 7) is 4.05. The maximum absolute atomic E-state index is 12.7. The maximum atomic E-state index is 12.7. The molecule has 0 radical (unpaired) electrons. The molecule has 2 aromatic carbocycles. The van der Waals surface area contributed by atoms with E-state index in [-0.39, 0.29) is 5.91 Å². The number of nitrogens with one attached hydrogen (secondary N) is 2. The molecule has 1 amide bonds. The zero-order valence-corrected chi connectivity index (χ0v) is 15.6. The Morgan fingerprint density at radius 1 is 1.23 bits per heavy atom. The van der Waals surface area contributed by atoms with Crippen LogP contribution < -0.4 is 5.32 Å². The zero-order chi connectivity index (χ0) is 18.4. The molecule has 2 N–H and O–H groups in total. The van der Waals surface area contributed by atoms with E-state index < -0.39 is 0 Å². The SMILES string of the molecule is Cc1ccc2[nH]c(C)c(CC(=O)Nc3nc4cc(Cl)ccc4n3C)c2c1. The number of hydrogen-bond acceptors (Lipinski definition) is 2. The summed E-state index contributed by atoms with van der Waals surface area (Å²) >= 11 is 6.03. The van der Waals surface area contributed by atoms with Gasteiger partial charge in [-0.3, -0.25) is 10.1 Å². The van der Waals surface area contributed by atoms with E-state index in [1.807, 2.05) is 36.7 Å². The van der Waals surface area contributed by atoms with Crippen molar-refractivity contribution in [2.75, 3.05) is 5.32 Å².